The van der Waals surface area contributed by atoms with Crippen LogP contribution in [0.4, 0.5) is 4.39 Å². The van der Waals surface area contributed by atoms with Crippen molar-refractivity contribution in [2.75, 3.05) is 32.8 Å². The molecule has 1 aromatic heterocycles. The summed E-state index contributed by atoms with van der Waals surface area (Å²) in [5.41, 5.74) is 3.26. The molecular formula is C23H27FN4O3. The SMILES string of the molecule is O=C(CCCc1ccc2[nH]c(=O)[nH]c2c1)NCC(c1cccc(F)c1)N1CCOCC1. The molecule has 0 saturated carbocycles. The number of carbonyl (C=O) groups is 1. The normalized spacial score (nSPS) is 15.8. The molecule has 0 aliphatic carbocycles. The van der Waals surface area contributed by atoms with E-state index in [1.165, 1.54) is 12.1 Å². The van der Waals surface area contributed by atoms with Gasteiger partial charge in [0.1, 0.15) is 5.82 Å². The van der Waals surface area contributed by atoms with Gasteiger partial charge in [-0.25, -0.2) is 9.18 Å². The maximum absolute atomic E-state index is 13.8. The summed E-state index contributed by atoms with van der Waals surface area (Å²) in [4.78, 5) is 31.5. The monoisotopic (exact) mass is 426 g/mol. The molecular weight excluding hydrogens is 399 g/mol. The van der Waals surface area contributed by atoms with Gasteiger partial charge in [-0.05, 0) is 48.2 Å². The topological polar surface area (TPSA) is 90.2 Å². The highest BCUT2D eigenvalue weighted by Gasteiger charge is 2.23. The number of aromatic nitrogens is 2. The summed E-state index contributed by atoms with van der Waals surface area (Å²) in [6.45, 7) is 3.20. The third-order valence-electron chi connectivity index (χ3n) is 5.66. The molecule has 1 fully saturated rings. The van der Waals surface area contributed by atoms with Crippen molar-refractivity contribution in [1.29, 1.82) is 0 Å². The number of H-pyrrole nitrogens is 2. The van der Waals surface area contributed by atoms with Crippen LogP contribution in [0.15, 0.2) is 47.3 Å². The molecule has 1 aliphatic rings. The number of nitrogens with zero attached hydrogens (tertiary/aromatic N) is 1. The zero-order chi connectivity index (χ0) is 21.6. The third kappa shape index (κ3) is 5.59. The van der Waals surface area contributed by atoms with Gasteiger partial charge >= 0.3 is 5.69 Å². The Bertz CT molecular complexity index is 1090. The minimum absolute atomic E-state index is 0.0224. The summed E-state index contributed by atoms with van der Waals surface area (Å²) in [7, 11) is 0. The van der Waals surface area contributed by atoms with Gasteiger partial charge in [0.15, 0.2) is 0 Å². The van der Waals surface area contributed by atoms with Crippen LogP contribution in [-0.2, 0) is 16.0 Å². The highest BCUT2D eigenvalue weighted by molar-refractivity contribution is 5.76. The maximum atomic E-state index is 13.8. The summed E-state index contributed by atoms with van der Waals surface area (Å²) in [5.74, 6) is -0.298. The van der Waals surface area contributed by atoms with Crippen LogP contribution in [0.2, 0.25) is 0 Å². The molecule has 1 aliphatic heterocycles. The van der Waals surface area contributed by atoms with E-state index in [0.29, 0.717) is 32.6 Å². The fraction of sp³-hybridized carbons (Fsp3) is 0.391. The number of rotatable bonds is 8. The first kappa shape index (κ1) is 21.3. The summed E-state index contributed by atoms with van der Waals surface area (Å²) >= 11 is 0. The second kappa shape index (κ2) is 9.89. The average Bonchev–Trinajstić information content (AvgIpc) is 3.14. The minimum Gasteiger partial charge on any atom is -0.379 e. The van der Waals surface area contributed by atoms with Gasteiger partial charge in [-0.3, -0.25) is 9.69 Å². The minimum atomic E-state index is -0.275. The highest BCUT2D eigenvalue weighted by atomic mass is 19.1. The molecule has 8 heteroatoms. The number of ether oxygens (including phenoxy) is 1. The van der Waals surface area contributed by atoms with Crippen molar-refractivity contribution in [2.24, 2.45) is 0 Å². The van der Waals surface area contributed by atoms with Crippen LogP contribution in [-0.4, -0.2) is 53.6 Å². The summed E-state index contributed by atoms with van der Waals surface area (Å²) in [5, 5.41) is 3.02. The van der Waals surface area contributed by atoms with Crippen LogP contribution in [0.5, 0.6) is 0 Å². The van der Waals surface area contributed by atoms with Gasteiger partial charge in [0.25, 0.3) is 0 Å². The van der Waals surface area contributed by atoms with E-state index in [9.17, 15) is 14.0 Å². The van der Waals surface area contributed by atoms with Crippen LogP contribution < -0.4 is 11.0 Å². The Morgan fingerprint density at radius 1 is 1.13 bits per heavy atom. The summed E-state index contributed by atoms with van der Waals surface area (Å²) in [6.07, 6.45) is 1.85. The van der Waals surface area contributed by atoms with Crippen LogP contribution in [0.25, 0.3) is 11.0 Å². The van der Waals surface area contributed by atoms with Crippen LogP contribution in [0, 0.1) is 5.82 Å². The molecule has 3 aromatic rings. The fourth-order valence-electron chi connectivity index (χ4n) is 4.05. The first-order chi connectivity index (χ1) is 15.1. The van der Waals surface area contributed by atoms with E-state index in [1.54, 1.807) is 6.07 Å². The number of hydrogen-bond donors (Lipinski definition) is 3. The van der Waals surface area contributed by atoms with Gasteiger partial charge in [-0.15, -0.1) is 0 Å². The molecule has 2 heterocycles. The predicted octanol–water partition coefficient (Wildman–Crippen LogP) is 2.51. The van der Waals surface area contributed by atoms with Crippen molar-refractivity contribution in [2.45, 2.75) is 25.3 Å². The van der Waals surface area contributed by atoms with E-state index in [2.05, 4.69) is 20.2 Å². The number of benzene rings is 2. The molecule has 0 bridgehead atoms. The summed E-state index contributed by atoms with van der Waals surface area (Å²) in [6, 6.07) is 12.2. The number of imidazole rings is 1. The van der Waals surface area contributed by atoms with E-state index in [4.69, 9.17) is 4.74 Å². The molecule has 164 valence electrons. The van der Waals surface area contributed by atoms with Crippen molar-refractivity contribution in [3.8, 4) is 0 Å². The molecule has 1 saturated heterocycles. The lowest BCUT2D eigenvalue weighted by atomic mass is 10.0. The van der Waals surface area contributed by atoms with Crippen molar-refractivity contribution in [3.05, 3.63) is 69.9 Å². The van der Waals surface area contributed by atoms with Crippen molar-refractivity contribution >= 4 is 16.9 Å². The Morgan fingerprint density at radius 2 is 1.94 bits per heavy atom. The zero-order valence-corrected chi connectivity index (χ0v) is 17.3. The van der Waals surface area contributed by atoms with E-state index in [0.717, 1.165) is 41.7 Å². The summed E-state index contributed by atoms with van der Waals surface area (Å²) < 4.78 is 19.2. The van der Waals surface area contributed by atoms with Gasteiger partial charge in [-0.1, -0.05) is 18.2 Å². The standard InChI is InChI=1S/C23H27FN4O3/c24-18-5-2-4-17(14-18)21(28-9-11-31-12-10-28)15-25-22(29)6-1-3-16-7-8-19-20(13-16)27-23(30)26-19/h2,4-5,7-8,13-14,21H,1,3,6,9-12,15H2,(H,25,29)(H2,26,27,30). The van der Waals surface area contributed by atoms with E-state index < -0.39 is 0 Å². The molecule has 0 spiro atoms. The number of halogens is 1. The lowest BCUT2D eigenvalue weighted by Crippen LogP contribution is -2.43. The fourth-order valence-corrected chi connectivity index (χ4v) is 4.05. The van der Waals surface area contributed by atoms with Crippen molar-refractivity contribution < 1.29 is 13.9 Å². The smallest absolute Gasteiger partial charge is 0.323 e. The van der Waals surface area contributed by atoms with Crippen LogP contribution >= 0.6 is 0 Å². The number of hydrogen-bond acceptors (Lipinski definition) is 4. The maximum Gasteiger partial charge on any atom is 0.323 e. The van der Waals surface area contributed by atoms with E-state index >= 15 is 0 Å². The molecule has 0 radical (unpaired) electrons. The molecule has 1 unspecified atom stereocenters. The van der Waals surface area contributed by atoms with Gasteiger partial charge < -0.3 is 20.0 Å². The van der Waals surface area contributed by atoms with Crippen molar-refractivity contribution in [3.63, 3.8) is 0 Å². The van der Waals surface area contributed by atoms with E-state index in [-0.39, 0.29) is 23.5 Å². The Kier molecular flexibility index (Phi) is 6.79. The lowest BCUT2D eigenvalue weighted by Gasteiger charge is -2.35. The van der Waals surface area contributed by atoms with E-state index in [1.807, 2.05) is 24.3 Å². The number of fused-ring (bicyclic) bond motifs is 1. The Balaban J connectivity index is 1.31. The largest absolute Gasteiger partial charge is 0.379 e. The second-order valence-corrected chi connectivity index (χ2v) is 7.84. The van der Waals surface area contributed by atoms with Gasteiger partial charge in [0.05, 0.1) is 30.3 Å². The number of morpholine rings is 1. The highest BCUT2D eigenvalue weighted by Crippen LogP contribution is 2.22. The molecule has 7 nitrogen and oxygen atoms in total. The molecule has 31 heavy (non-hydrogen) atoms. The molecule has 1 amide bonds. The molecule has 3 N–H and O–H groups in total. The predicted molar refractivity (Wildman–Crippen MR) is 116 cm³/mol. The lowest BCUT2D eigenvalue weighted by molar-refractivity contribution is -0.121. The number of amides is 1. The van der Waals surface area contributed by atoms with Crippen molar-refractivity contribution in [1.82, 2.24) is 20.2 Å². The zero-order valence-electron chi connectivity index (χ0n) is 17.3. The number of aryl methyl sites for hydroxylation is 1. The number of carbonyl (C=O) groups excluding carboxylic acids is 1. The average molecular weight is 426 g/mol. The van der Waals surface area contributed by atoms with Gasteiger partial charge in [-0.2, -0.15) is 0 Å². The van der Waals surface area contributed by atoms with Crippen LogP contribution in [0.3, 0.4) is 0 Å². The van der Waals surface area contributed by atoms with Gasteiger partial charge in [0, 0.05) is 26.1 Å². The van der Waals surface area contributed by atoms with Gasteiger partial charge in [0.2, 0.25) is 5.91 Å². The Labute approximate surface area is 179 Å². The Morgan fingerprint density at radius 3 is 2.74 bits per heavy atom. The number of nitrogens with one attached hydrogen (secondary N) is 3. The second-order valence-electron chi connectivity index (χ2n) is 7.84. The molecule has 2 aromatic carbocycles. The molecule has 4 rings (SSSR count). The van der Waals surface area contributed by atoms with Crippen LogP contribution in [0.1, 0.15) is 30.0 Å². The number of aromatic amines is 2. The quantitative estimate of drug-likeness (QED) is 0.516. The molecule has 1 atom stereocenters. The third-order valence-corrected chi connectivity index (χ3v) is 5.66. The first-order valence-corrected chi connectivity index (χ1v) is 10.6. The Hall–Kier alpha value is -2.97. The first-order valence-electron chi connectivity index (χ1n) is 10.6.